The van der Waals surface area contributed by atoms with Crippen molar-refractivity contribution in [2.45, 2.75) is 13.8 Å². The molecule has 0 fully saturated rings. The Morgan fingerprint density at radius 3 is 2.60 bits per heavy atom. The Morgan fingerprint density at radius 1 is 1.27 bits per heavy atom. The van der Waals surface area contributed by atoms with Crippen molar-refractivity contribution in [1.29, 1.82) is 0 Å². The molecule has 0 aliphatic heterocycles. The Labute approximate surface area is 92.6 Å². The van der Waals surface area contributed by atoms with Crippen molar-refractivity contribution >= 4 is 17.6 Å². The van der Waals surface area contributed by atoms with Gasteiger partial charge in [0.2, 0.25) is 0 Å². The molecule has 0 saturated heterocycles. The summed E-state index contributed by atoms with van der Waals surface area (Å²) in [7, 11) is 0. The molecule has 0 unspecified atom stereocenters. The third-order valence-electron chi connectivity index (χ3n) is 2.25. The molecule has 0 saturated carbocycles. The van der Waals surface area contributed by atoms with E-state index in [-0.39, 0.29) is 0 Å². The van der Waals surface area contributed by atoms with Crippen LogP contribution in [0.3, 0.4) is 0 Å². The minimum absolute atomic E-state index is 0.700. The van der Waals surface area contributed by atoms with Gasteiger partial charge in [0.25, 0.3) is 0 Å². The van der Waals surface area contributed by atoms with Crippen LogP contribution >= 0.6 is 11.3 Å². The highest BCUT2D eigenvalue weighted by atomic mass is 32.1. The summed E-state index contributed by atoms with van der Waals surface area (Å²) in [5, 5.41) is 1.03. The van der Waals surface area contributed by atoms with Crippen molar-refractivity contribution < 1.29 is 4.79 Å². The van der Waals surface area contributed by atoms with Crippen molar-refractivity contribution in [1.82, 2.24) is 4.98 Å². The fraction of sp³-hybridized carbons (Fsp3) is 0.167. The lowest BCUT2D eigenvalue weighted by atomic mass is 10.1. The normalized spacial score (nSPS) is 10.3. The zero-order valence-corrected chi connectivity index (χ0v) is 9.47. The Bertz CT molecular complexity index is 502. The van der Waals surface area contributed by atoms with Gasteiger partial charge in [0.1, 0.15) is 0 Å². The van der Waals surface area contributed by atoms with Crippen LogP contribution in [0, 0.1) is 13.8 Å². The summed E-state index contributed by atoms with van der Waals surface area (Å²) in [6, 6.07) is 7.54. The second-order valence-corrected chi connectivity index (χ2v) is 4.75. The molecule has 1 aromatic heterocycles. The second kappa shape index (κ2) is 3.95. The second-order valence-electron chi connectivity index (χ2n) is 3.34. The molecule has 3 heteroatoms. The summed E-state index contributed by atoms with van der Waals surface area (Å²) >= 11 is 1.66. The molecule has 76 valence electrons. The molecule has 1 aromatic carbocycles. The van der Waals surface area contributed by atoms with Crippen molar-refractivity contribution in [3.63, 3.8) is 0 Å². The number of hydrogen-bond donors (Lipinski definition) is 0. The summed E-state index contributed by atoms with van der Waals surface area (Å²) < 4.78 is 0. The highest BCUT2D eigenvalue weighted by Gasteiger charge is 2.10. The Balaban J connectivity index is 2.63. The average molecular weight is 217 g/mol. The van der Waals surface area contributed by atoms with Crippen molar-refractivity contribution in [2.24, 2.45) is 0 Å². The van der Waals surface area contributed by atoms with Crippen LogP contribution in [0.1, 0.15) is 20.2 Å². The summed E-state index contributed by atoms with van der Waals surface area (Å²) in [6.45, 7) is 4.01. The van der Waals surface area contributed by atoms with E-state index in [0.717, 1.165) is 27.4 Å². The van der Waals surface area contributed by atoms with Crippen LogP contribution in [0.2, 0.25) is 0 Å². The molecule has 0 N–H and O–H groups in total. The first-order valence-electron chi connectivity index (χ1n) is 4.71. The zero-order valence-electron chi connectivity index (χ0n) is 8.65. The van der Waals surface area contributed by atoms with Crippen molar-refractivity contribution in [3.8, 4) is 11.3 Å². The van der Waals surface area contributed by atoms with Crippen LogP contribution < -0.4 is 0 Å². The maximum atomic E-state index is 10.9. The molecule has 0 atom stereocenters. The van der Waals surface area contributed by atoms with E-state index in [1.54, 1.807) is 11.3 Å². The van der Waals surface area contributed by atoms with Gasteiger partial charge in [-0.2, -0.15) is 0 Å². The Kier molecular flexibility index (Phi) is 2.64. The van der Waals surface area contributed by atoms with Crippen molar-refractivity contribution in [3.05, 3.63) is 39.7 Å². The van der Waals surface area contributed by atoms with Gasteiger partial charge in [0.05, 0.1) is 10.7 Å². The van der Waals surface area contributed by atoms with E-state index in [1.165, 1.54) is 0 Å². The molecule has 0 aliphatic carbocycles. The molecule has 2 aromatic rings. The number of aryl methyl sites for hydroxylation is 2. The lowest BCUT2D eigenvalue weighted by Crippen LogP contribution is -1.88. The third kappa shape index (κ3) is 1.83. The van der Waals surface area contributed by atoms with E-state index in [0.29, 0.717) is 5.56 Å². The Morgan fingerprint density at radius 2 is 2.00 bits per heavy atom. The first kappa shape index (κ1) is 10.1. The van der Waals surface area contributed by atoms with E-state index in [4.69, 9.17) is 0 Å². The maximum Gasteiger partial charge on any atom is 0.150 e. The van der Waals surface area contributed by atoms with E-state index in [1.807, 2.05) is 38.1 Å². The number of carbonyl (C=O) groups excluding carboxylic acids is 1. The van der Waals surface area contributed by atoms with Crippen LogP contribution in [0.15, 0.2) is 24.3 Å². The van der Waals surface area contributed by atoms with Gasteiger partial charge >= 0.3 is 0 Å². The quantitative estimate of drug-likeness (QED) is 0.723. The highest BCUT2D eigenvalue weighted by Crippen LogP contribution is 2.28. The van der Waals surface area contributed by atoms with Crippen molar-refractivity contribution in [2.75, 3.05) is 0 Å². The molecule has 0 bridgehead atoms. The number of benzene rings is 1. The fourth-order valence-electron chi connectivity index (χ4n) is 1.59. The summed E-state index contributed by atoms with van der Waals surface area (Å²) in [5.74, 6) is 0. The molecule has 0 aliphatic rings. The maximum absolute atomic E-state index is 10.9. The average Bonchev–Trinajstić information content (AvgIpc) is 2.57. The number of aromatic nitrogens is 1. The fourth-order valence-corrected chi connectivity index (χ4v) is 2.43. The largest absolute Gasteiger partial charge is 0.298 e. The zero-order chi connectivity index (χ0) is 10.8. The standard InChI is InChI=1S/C12H11NOS/c1-8-12(13-9(2)15-8)11-6-4-3-5-10(11)7-14/h3-7H,1-2H3. The predicted molar refractivity (Wildman–Crippen MR) is 62.4 cm³/mol. The highest BCUT2D eigenvalue weighted by molar-refractivity contribution is 7.11. The summed E-state index contributed by atoms with van der Waals surface area (Å²) in [6.07, 6.45) is 0.878. The number of carbonyl (C=O) groups is 1. The van der Waals surface area contributed by atoms with Gasteiger partial charge in [-0.15, -0.1) is 11.3 Å². The molecule has 0 radical (unpaired) electrons. The van der Waals surface area contributed by atoms with Crippen LogP contribution in [-0.4, -0.2) is 11.3 Å². The summed E-state index contributed by atoms with van der Waals surface area (Å²) in [4.78, 5) is 16.5. The van der Waals surface area contributed by atoms with Gasteiger partial charge in [0.15, 0.2) is 6.29 Å². The minimum atomic E-state index is 0.700. The van der Waals surface area contributed by atoms with E-state index < -0.39 is 0 Å². The van der Waals surface area contributed by atoms with Crippen LogP contribution in [0.4, 0.5) is 0 Å². The minimum Gasteiger partial charge on any atom is -0.298 e. The van der Waals surface area contributed by atoms with Crippen LogP contribution in [0.5, 0.6) is 0 Å². The lowest BCUT2D eigenvalue weighted by molar-refractivity contribution is 0.112. The van der Waals surface area contributed by atoms with Gasteiger partial charge in [-0.3, -0.25) is 4.79 Å². The topological polar surface area (TPSA) is 30.0 Å². The molecule has 2 nitrogen and oxygen atoms in total. The monoisotopic (exact) mass is 217 g/mol. The van der Waals surface area contributed by atoms with E-state index in [9.17, 15) is 4.79 Å². The number of aldehydes is 1. The van der Waals surface area contributed by atoms with Gasteiger partial charge in [-0.1, -0.05) is 24.3 Å². The smallest absolute Gasteiger partial charge is 0.150 e. The van der Waals surface area contributed by atoms with E-state index >= 15 is 0 Å². The SMILES string of the molecule is Cc1nc(-c2ccccc2C=O)c(C)s1. The third-order valence-corrected chi connectivity index (χ3v) is 3.13. The van der Waals surface area contributed by atoms with Gasteiger partial charge in [0, 0.05) is 16.0 Å². The molecule has 15 heavy (non-hydrogen) atoms. The molecular weight excluding hydrogens is 206 g/mol. The van der Waals surface area contributed by atoms with Crippen LogP contribution in [0.25, 0.3) is 11.3 Å². The summed E-state index contributed by atoms with van der Waals surface area (Å²) in [5.41, 5.74) is 2.56. The Hall–Kier alpha value is -1.48. The first-order valence-corrected chi connectivity index (χ1v) is 5.52. The number of thiazole rings is 1. The van der Waals surface area contributed by atoms with Gasteiger partial charge < -0.3 is 0 Å². The molecule has 0 spiro atoms. The number of hydrogen-bond acceptors (Lipinski definition) is 3. The first-order chi connectivity index (χ1) is 7.22. The van der Waals surface area contributed by atoms with Gasteiger partial charge in [-0.25, -0.2) is 4.98 Å². The van der Waals surface area contributed by atoms with Crippen LogP contribution in [-0.2, 0) is 0 Å². The molecule has 2 rings (SSSR count). The van der Waals surface area contributed by atoms with Gasteiger partial charge in [-0.05, 0) is 13.8 Å². The number of rotatable bonds is 2. The molecular formula is C12H11NOS. The predicted octanol–water partition coefficient (Wildman–Crippen LogP) is 3.24. The molecule has 0 amide bonds. The van der Waals surface area contributed by atoms with E-state index in [2.05, 4.69) is 4.98 Å². The molecule has 1 heterocycles. The lowest BCUT2D eigenvalue weighted by Gasteiger charge is -2.01. The number of nitrogens with zero attached hydrogens (tertiary/aromatic N) is 1.